The monoisotopic (exact) mass is 392 g/mol. The molecule has 106 valence electrons. The molecule has 1 atom stereocenters. The zero-order valence-electron chi connectivity index (χ0n) is 10.6. The molecule has 20 heavy (non-hydrogen) atoms. The molecule has 0 radical (unpaired) electrons. The predicted molar refractivity (Wildman–Crippen MR) is 75.4 cm³/mol. The van der Waals surface area contributed by atoms with Crippen molar-refractivity contribution in [2.45, 2.75) is 19.3 Å². The molecule has 0 heterocycles. The topological polar surface area (TPSA) is 93.2 Å². The molecule has 0 saturated carbocycles. The fraction of sp³-hybridized carbons (Fsp3) is 0.333. The van der Waals surface area contributed by atoms with Crippen molar-refractivity contribution in [3.63, 3.8) is 0 Å². The highest BCUT2D eigenvalue weighted by Gasteiger charge is 2.43. The molecular formula is C12H10FIN2O4. The third kappa shape index (κ3) is 2.87. The molecular weight excluding hydrogens is 382 g/mol. The number of esters is 1. The smallest absolute Gasteiger partial charge is 0.331 e. The maximum atomic E-state index is 13.6. The summed E-state index contributed by atoms with van der Waals surface area (Å²) in [6, 6.07) is 3.49. The second-order valence-electron chi connectivity index (χ2n) is 4.00. The number of nitro groups is 1. The van der Waals surface area contributed by atoms with E-state index in [-0.39, 0.29) is 15.7 Å². The second kappa shape index (κ2) is 6.13. The van der Waals surface area contributed by atoms with Crippen molar-refractivity contribution in [3.8, 4) is 6.07 Å². The van der Waals surface area contributed by atoms with Crippen molar-refractivity contribution < 1.29 is 18.8 Å². The largest absolute Gasteiger partial charge is 0.465 e. The molecule has 0 aromatic heterocycles. The van der Waals surface area contributed by atoms with Gasteiger partial charge in [0, 0.05) is 6.07 Å². The molecule has 0 N–H and O–H groups in total. The normalized spacial score (nSPS) is 13.2. The van der Waals surface area contributed by atoms with Gasteiger partial charge in [-0.2, -0.15) is 5.26 Å². The van der Waals surface area contributed by atoms with Gasteiger partial charge in [0.15, 0.2) is 5.41 Å². The van der Waals surface area contributed by atoms with E-state index in [2.05, 4.69) is 0 Å². The van der Waals surface area contributed by atoms with Crippen LogP contribution in [0.25, 0.3) is 0 Å². The first-order chi connectivity index (χ1) is 9.27. The molecule has 0 spiro atoms. The summed E-state index contributed by atoms with van der Waals surface area (Å²) >= 11 is 1.60. The summed E-state index contributed by atoms with van der Waals surface area (Å²) in [5.41, 5.74) is -2.75. The van der Waals surface area contributed by atoms with Crippen LogP contribution < -0.4 is 0 Å². The molecule has 0 aliphatic rings. The van der Waals surface area contributed by atoms with Crippen LogP contribution in [0, 0.1) is 30.8 Å². The number of halogens is 2. The SMILES string of the molecule is CCOC(=O)C(C)(C#N)c1cc(F)c(I)cc1[N+](=O)[O-]. The Balaban J connectivity index is 3.58. The van der Waals surface area contributed by atoms with Crippen LogP contribution >= 0.6 is 22.6 Å². The zero-order chi connectivity index (χ0) is 15.5. The predicted octanol–water partition coefficient (Wildman–Crippen LogP) is 2.68. The van der Waals surface area contributed by atoms with Gasteiger partial charge in [0.25, 0.3) is 5.69 Å². The van der Waals surface area contributed by atoms with Crippen molar-refractivity contribution in [2.24, 2.45) is 0 Å². The van der Waals surface area contributed by atoms with Crippen LogP contribution in [-0.4, -0.2) is 17.5 Å². The van der Waals surface area contributed by atoms with Crippen LogP contribution in [0.5, 0.6) is 0 Å². The number of carbonyl (C=O) groups excluding carboxylic acids is 1. The zero-order valence-corrected chi connectivity index (χ0v) is 12.8. The van der Waals surface area contributed by atoms with Gasteiger partial charge in [0.2, 0.25) is 0 Å². The Morgan fingerprint density at radius 1 is 1.65 bits per heavy atom. The Bertz CT molecular complexity index is 614. The maximum absolute atomic E-state index is 13.6. The Kier molecular flexibility index (Phi) is 4.99. The van der Waals surface area contributed by atoms with Crippen molar-refractivity contribution in [1.29, 1.82) is 5.26 Å². The van der Waals surface area contributed by atoms with Crippen LogP contribution in [0.2, 0.25) is 0 Å². The second-order valence-corrected chi connectivity index (χ2v) is 5.16. The summed E-state index contributed by atoms with van der Waals surface area (Å²) < 4.78 is 18.4. The number of nitriles is 1. The van der Waals surface area contributed by atoms with Gasteiger partial charge in [0.05, 0.1) is 26.7 Å². The minimum absolute atomic E-state index is 0.0107. The molecule has 1 aromatic rings. The lowest BCUT2D eigenvalue weighted by molar-refractivity contribution is -0.386. The van der Waals surface area contributed by atoms with Gasteiger partial charge >= 0.3 is 5.97 Å². The Morgan fingerprint density at radius 3 is 2.70 bits per heavy atom. The van der Waals surface area contributed by atoms with Gasteiger partial charge in [-0.05, 0) is 42.5 Å². The molecule has 0 aliphatic carbocycles. The molecule has 0 fully saturated rings. The molecule has 1 unspecified atom stereocenters. The molecule has 8 heteroatoms. The van der Waals surface area contributed by atoms with Crippen molar-refractivity contribution in [2.75, 3.05) is 6.61 Å². The lowest BCUT2D eigenvalue weighted by Gasteiger charge is -2.20. The lowest BCUT2D eigenvalue weighted by atomic mass is 9.83. The van der Waals surface area contributed by atoms with Gasteiger partial charge in [-0.25, -0.2) is 9.18 Å². The van der Waals surface area contributed by atoms with Gasteiger partial charge < -0.3 is 4.74 Å². The highest BCUT2D eigenvalue weighted by Crippen LogP contribution is 2.35. The summed E-state index contributed by atoms with van der Waals surface area (Å²) in [4.78, 5) is 22.2. The molecule has 0 amide bonds. The van der Waals surface area contributed by atoms with Crippen LogP contribution in [0.15, 0.2) is 12.1 Å². The van der Waals surface area contributed by atoms with Crippen molar-refractivity contribution >= 4 is 34.2 Å². The summed E-state index contributed by atoms with van der Waals surface area (Å²) in [5.74, 6) is -1.69. The molecule has 6 nitrogen and oxygen atoms in total. The first-order valence-electron chi connectivity index (χ1n) is 5.50. The van der Waals surface area contributed by atoms with E-state index in [1.165, 1.54) is 6.92 Å². The van der Waals surface area contributed by atoms with Gasteiger partial charge in [-0.15, -0.1) is 0 Å². The van der Waals surface area contributed by atoms with E-state index in [1.807, 2.05) is 0 Å². The van der Waals surface area contributed by atoms with Gasteiger partial charge in [-0.1, -0.05) is 0 Å². The minimum atomic E-state index is -1.94. The summed E-state index contributed by atoms with van der Waals surface area (Å²) in [5, 5.41) is 20.3. The fourth-order valence-electron chi connectivity index (χ4n) is 1.58. The van der Waals surface area contributed by atoms with Crippen LogP contribution in [0.3, 0.4) is 0 Å². The Morgan fingerprint density at radius 2 is 2.25 bits per heavy atom. The number of nitrogens with zero attached hydrogens (tertiary/aromatic N) is 2. The highest BCUT2D eigenvalue weighted by molar-refractivity contribution is 14.1. The minimum Gasteiger partial charge on any atom is -0.465 e. The number of ether oxygens (including phenoxy) is 1. The first kappa shape index (κ1) is 16.3. The number of hydrogen-bond acceptors (Lipinski definition) is 5. The van der Waals surface area contributed by atoms with Crippen LogP contribution in [-0.2, 0) is 14.9 Å². The van der Waals surface area contributed by atoms with Crippen molar-refractivity contribution in [3.05, 3.63) is 37.2 Å². The summed E-state index contributed by atoms with van der Waals surface area (Å²) in [6.45, 7) is 2.72. The summed E-state index contributed by atoms with van der Waals surface area (Å²) in [6.07, 6.45) is 0. The number of rotatable bonds is 4. The van der Waals surface area contributed by atoms with E-state index in [0.29, 0.717) is 0 Å². The standard InChI is InChI=1S/C12H10FIN2O4/c1-3-20-11(17)12(2,6-15)7-4-8(13)9(14)5-10(7)16(18)19/h4-5H,3H2,1-2H3. The van der Waals surface area contributed by atoms with E-state index < -0.39 is 27.8 Å². The van der Waals surface area contributed by atoms with Gasteiger partial charge in [0.1, 0.15) is 5.82 Å². The van der Waals surface area contributed by atoms with Crippen LogP contribution in [0.4, 0.5) is 10.1 Å². The summed E-state index contributed by atoms with van der Waals surface area (Å²) in [7, 11) is 0. The highest BCUT2D eigenvalue weighted by atomic mass is 127. The molecule has 0 saturated heterocycles. The van der Waals surface area contributed by atoms with Crippen molar-refractivity contribution in [1.82, 2.24) is 0 Å². The quantitative estimate of drug-likeness (QED) is 0.340. The van der Waals surface area contributed by atoms with E-state index in [9.17, 15) is 24.6 Å². The average Bonchev–Trinajstić information content (AvgIpc) is 2.40. The van der Waals surface area contributed by atoms with Gasteiger partial charge in [-0.3, -0.25) is 10.1 Å². The molecule has 0 aliphatic heterocycles. The Hall–Kier alpha value is -1.76. The molecule has 1 aromatic carbocycles. The van der Waals surface area contributed by atoms with Crippen LogP contribution in [0.1, 0.15) is 19.4 Å². The third-order valence-corrected chi connectivity index (χ3v) is 3.51. The average molecular weight is 392 g/mol. The lowest BCUT2D eigenvalue weighted by Crippen LogP contribution is -2.33. The third-order valence-electron chi connectivity index (χ3n) is 2.68. The van der Waals surface area contributed by atoms with E-state index >= 15 is 0 Å². The molecule has 0 bridgehead atoms. The number of carbonyl (C=O) groups is 1. The molecule has 1 rings (SSSR count). The number of benzene rings is 1. The fourth-order valence-corrected chi connectivity index (χ4v) is 2.03. The van der Waals surface area contributed by atoms with E-state index in [1.54, 1.807) is 35.6 Å². The number of nitro benzene ring substituents is 1. The Labute approximate surface area is 127 Å². The van der Waals surface area contributed by atoms with E-state index in [0.717, 1.165) is 12.1 Å². The first-order valence-corrected chi connectivity index (χ1v) is 6.58. The number of hydrogen-bond donors (Lipinski definition) is 0. The van der Waals surface area contributed by atoms with E-state index in [4.69, 9.17) is 4.74 Å². The maximum Gasteiger partial charge on any atom is 0.331 e.